The van der Waals surface area contributed by atoms with E-state index in [1.54, 1.807) is 17.0 Å². The molecule has 6 nitrogen and oxygen atoms in total. The topological polar surface area (TPSA) is 63.1 Å². The number of nitrogens with one attached hydrogen (secondary N) is 1. The first-order valence-electron chi connectivity index (χ1n) is 12.1. The molecule has 8 heteroatoms. The van der Waals surface area contributed by atoms with Gasteiger partial charge in [0.1, 0.15) is 5.82 Å². The minimum atomic E-state index is -0.290. The fourth-order valence-electron chi connectivity index (χ4n) is 3.99. The molecule has 0 bridgehead atoms. The lowest BCUT2D eigenvalue weighted by atomic mass is 10.2. The maximum atomic E-state index is 13.6. The van der Waals surface area contributed by atoms with Crippen LogP contribution in [0.3, 0.4) is 0 Å². The molecule has 1 heterocycles. The molecule has 5 rings (SSSR count). The van der Waals surface area contributed by atoms with Gasteiger partial charge < -0.3 is 5.32 Å². The predicted octanol–water partition coefficient (Wildman–Crippen LogP) is 6.78. The SMILES string of the molecule is Cc1ccc(-n2c(CNc3ccc(F)cc3)nnc2SCC(=O)N(c2ccccc2)c2ccccc2)cc1. The number of nitrogens with zero attached hydrogens (tertiary/aromatic N) is 4. The second-order valence-electron chi connectivity index (χ2n) is 8.62. The Labute approximate surface area is 225 Å². The molecule has 1 amide bonds. The van der Waals surface area contributed by atoms with Crippen LogP contribution in [-0.4, -0.2) is 26.4 Å². The number of aryl methyl sites for hydroxylation is 1. The third-order valence-electron chi connectivity index (χ3n) is 5.89. The predicted molar refractivity (Wildman–Crippen MR) is 151 cm³/mol. The van der Waals surface area contributed by atoms with Gasteiger partial charge in [0.15, 0.2) is 11.0 Å². The third-order valence-corrected chi connectivity index (χ3v) is 6.80. The summed E-state index contributed by atoms with van der Waals surface area (Å²) in [6.45, 7) is 2.41. The van der Waals surface area contributed by atoms with E-state index in [1.807, 2.05) is 96.4 Å². The molecule has 4 aromatic carbocycles. The van der Waals surface area contributed by atoms with Crippen LogP contribution in [0.4, 0.5) is 21.5 Å². The fraction of sp³-hybridized carbons (Fsp3) is 0.100. The number of hydrogen-bond donors (Lipinski definition) is 1. The largest absolute Gasteiger partial charge is 0.378 e. The standard InChI is InChI=1S/C30H26FN5OS/c1-22-12-18-27(19-13-22)36-28(20-32-24-16-14-23(31)15-17-24)33-34-30(36)38-21-29(37)35(25-8-4-2-5-9-25)26-10-6-3-7-11-26/h2-19,32H,20-21H2,1H3. The lowest BCUT2D eigenvalue weighted by Crippen LogP contribution is -2.27. The minimum Gasteiger partial charge on any atom is -0.378 e. The lowest BCUT2D eigenvalue weighted by Gasteiger charge is -2.23. The van der Waals surface area contributed by atoms with Crippen LogP contribution in [0.15, 0.2) is 114 Å². The van der Waals surface area contributed by atoms with Gasteiger partial charge in [-0.25, -0.2) is 4.39 Å². The molecule has 38 heavy (non-hydrogen) atoms. The van der Waals surface area contributed by atoms with E-state index >= 15 is 0 Å². The van der Waals surface area contributed by atoms with E-state index in [1.165, 1.54) is 23.9 Å². The number of thioether (sulfide) groups is 1. The van der Waals surface area contributed by atoms with Crippen molar-refractivity contribution in [2.45, 2.75) is 18.6 Å². The highest BCUT2D eigenvalue weighted by atomic mass is 32.2. The molecule has 0 aliphatic rings. The molecular weight excluding hydrogens is 497 g/mol. The van der Waals surface area contributed by atoms with Crippen molar-refractivity contribution in [1.82, 2.24) is 14.8 Å². The second-order valence-corrected chi connectivity index (χ2v) is 9.56. The van der Waals surface area contributed by atoms with Crippen LogP contribution in [0.1, 0.15) is 11.4 Å². The number of carbonyl (C=O) groups is 1. The Balaban J connectivity index is 1.40. The van der Waals surface area contributed by atoms with Crippen molar-refractivity contribution in [3.8, 4) is 5.69 Å². The molecule has 0 saturated carbocycles. The van der Waals surface area contributed by atoms with E-state index in [-0.39, 0.29) is 17.5 Å². The van der Waals surface area contributed by atoms with Crippen molar-refractivity contribution < 1.29 is 9.18 Å². The second kappa shape index (κ2) is 11.7. The Morgan fingerprint density at radius 2 is 1.45 bits per heavy atom. The van der Waals surface area contributed by atoms with Crippen LogP contribution in [-0.2, 0) is 11.3 Å². The van der Waals surface area contributed by atoms with E-state index < -0.39 is 0 Å². The van der Waals surface area contributed by atoms with Crippen molar-refractivity contribution in [2.24, 2.45) is 0 Å². The van der Waals surface area contributed by atoms with Gasteiger partial charge >= 0.3 is 0 Å². The number of hydrogen-bond acceptors (Lipinski definition) is 5. The van der Waals surface area contributed by atoms with E-state index in [4.69, 9.17) is 0 Å². The van der Waals surface area contributed by atoms with Gasteiger partial charge in [0.05, 0.1) is 12.3 Å². The normalized spacial score (nSPS) is 10.8. The van der Waals surface area contributed by atoms with Crippen LogP contribution < -0.4 is 10.2 Å². The maximum absolute atomic E-state index is 13.6. The summed E-state index contributed by atoms with van der Waals surface area (Å²) in [5, 5.41) is 12.7. The highest BCUT2D eigenvalue weighted by molar-refractivity contribution is 7.99. The average Bonchev–Trinajstić information content (AvgIpc) is 3.36. The summed E-state index contributed by atoms with van der Waals surface area (Å²) < 4.78 is 15.3. The fourth-order valence-corrected chi connectivity index (χ4v) is 4.81. The van der Waals surface area contributed by atoms with Crippen LogP contribution in [0.2, 0.25) is 0 Å². The molecule has 190 valence electrons. The lowest BCUT2D eigenvalue weighted by molar-refractivity contribution is -0.115. The summed E-state index contributed by atoms with van der Waals surface area (Å²) in [5.74, 6) is 0.480. The Hall–Kier alpha value is -4.43. The summed E-state index contributed by atoms with van der Waals surface area (Å²) in [5.41, 5.74) is 4.41. The highest BCUT2D eigenvalue weighted by Crippen LogP contribution is 2.28. The Kier molecular flexibility index (Phi) is 7.80. The molecule has 0 saturated heterocycles. The van der Waals surface area contributed by atoms with Gasteiger partial charge in [-0.2, -0.15) is 0 Å². The summed E-state index contributed by atoms with van der Waals surface area (Å²) in [7, 11) is 0. The summed E-state index contributed by atoms with van der Waals surface area (Å²) in [6, 6.07) is 33.4. The first kappa shape index (κ1) is 25.2. The number of amides is 1. The van der Waals surface area contributed by atoms with Gasteiger partial charge in [-0.1, -0.05) is 65.9 Å². The molecule has 1 N–H and O–H groups in total. The number of anilines is 3. The number of halogens is 1. The monoisotopic (exact) mass is 523 g/mol. The van der Waals surface area contributed by atoms with E-state index in [2.05, 4.69) is 15.5 Å². The smallest absolute Gasteiger partial charge is 0.242 e. The quantitative estimate of drug-likeness (QED) is 0.216. The van der Waals surface area contributed by atoms with Crippen LogP contribution in [0.5, 0.6) is 0 Å². The minimum absolute atomic E-state index is 0.0724. The Morgan fingerprint density at radius 1 is 0.842 bits per heavy atom. The molecule has 0 unspecified atom stereocenters. The molecule has 0 spiro atoms. The van der Waals surface area contributed by atoms with Gasteiger partial charge in [0.25, 0.3) is 0 Å². The maximum Gasteiger partial charge on any atom is 0.242 e. The van der Waals surface area contributed by atoms with Gasteiger partial charge in [0, 0.05) is 22.7 Å². The number of carbonyl (C=O) groups excluding carboxylic acids is 1. The zero-order valence-corrected chi connectivity index (χ0v) is 21.6. The highest BCUT2D eigenvalue weighted by Gasteiger charge is 2.21. The van der Waals surface area contributed by atoms with Gasteiger partial charge in [-0.3, -0.25) is 14.3 Å². The number of para-hydroxylation sites is 2. The molecular formula is C30H26FN5OS. The molecule has 1 aromatic heterocycles. The first-order valence-corrected chi connectivity index (χ1v) is 13.1. The number of aromatic nitrogens is 3. The van der Waals surface area contributed by atoms with Crippen LogP contribution in [0, 0.1) is 12.7 Å². The van der Waals surface area contributed by atoms with Gasteiger partial charge in [-0.15, -0.1) is 10.2 Å². The van der Waals surface area contributed by atoms with Crippen molar-refractivity contribution in [1.29, 1.82) is 0 Å². The Bertz CT molecular complexity index is 1450. The van der Waals surface area contributed by atoms with Crippen molar-refractivity contribution in [3.63, 3.8) is 0 Å². The number of benzene rings is 4. The van der Waals surface area contributed by atoms with Crippen molar-refractivity contribution in [3.05, 3.63) is 126 Å². The van der Waals surface area contributed by atoms with E-state index in [9.17, 15) is 9.18 Å². The average molecular weight is 524 g/mol. The summed E-state index contributed by atoms with van der Waals surface area (Å²) >= 11 is 1.34. The van der Waals surface area contributed by atoms with E-state index in [0.29, 0.717) is 17.5 Å². The van der Waals surface area contributed by atoms with Crippen LogP contribution >= 0.6 is 11.8 Å². The molecule has 0 aliphatic carbocycles. The third kappa shape index (κ3) is 5.92. The molecule has 0 radical (unpaired) electrons. The van der Waals surface area contributed by atoms with Gasteiger partial charge in [-0.05, 0) is 67.6 Å². The van der Waals surface area contributed by atoms with Crippen LogP contribution in [0.25, 0.3) is 5.69 Å². The zero-order chi connectivity index (χ0) is 26.3. The Morgan fingerprint density at radius 3 is 2.05 bits per heavy atom. The summed E-state index contributed by atoms with van der Waals surface area (Å²) in [4.78, 5) is 15.3. The number of rotatable bonds is 9. The molecule has 0 atom stereocenters. The van der Waals surface area contributed by atoms with Gasteiger partial charge in [0.2, 0.25) is 5.91 Å². The summed E-state index contributed by atoms with van der Waals surface area (Å²) in [6.07, 6.45) is 0. The van der Waals surface area contributed by atoms with E-state index in [0.717, 1.165) is 28.3 Å². The van der Waals surface area contributed by atoms with Crippen molar-refractivity contribution in [2.75, 3.05) is 16.0 Å². The first-order chi connectivity index (χ1) is 18.6. The van der Waals surface area contributed by atoms with Crippen molar-refractivity contribution >= 4 is 34.7 Å². The molecule has 0 fully saturated rings. The zero-order valence-electron chi connectivity index (χ0n) is 20.8. The molecule has 0 aliphatic heterocycles. The molecule has 5 aromatic rings.